The largest absolute Gasteiger partial charge is 0.477 e. The lowest BCUT2D eigenvalue weighted by atomic mass is 10.1. The molecule has 2 N–H and O–H groups in total. The first-order valence-electron chi connectivity index (χ1n) is 6.01. The first-order chi connectivity index (χ1) is 11.0. The van der Waals surface area contributed by atoms with Crippen LogP contribution in [0.25, 0.3) is 0 Å². The van der Waals surface area contributed by atoms with Crippen LogP contribution >= 0.6 is 23.3 Å². The molecule has 0 amide bonds. The minimum Gasteiger partial charge on any atom is -0.477 e. The van der Waals surface area contributed by atoms with Gasteiger partial charge in [-0.1, -0.05) is 0 Å². The summed E-state index contributed by atoms with van der Waals surface area (Å²) >= 11 is 1.51. The molecule has 0 unspecified atom stereocenters. The number of hydrogen-bond donors (Lipinski definition) is 2. The van der Waals surface area contributed by atoms with E-state index in [9.17, 15) is 31.1 Å². The van der Waals surface area contributed by atoms with Gasteiger partial charge in [0.1, 0.15) is 4.88 Å². The highest BCUT2D eigenvalue weighted by Gasteiger charge is 2.37. The molecule has 24 heavy (non-hydrogen) atoms. The molecule has 3 nitrogen and oxygen atoms in total. The maximum absolute atomic E-state index is 12.7. The van der Waals surface area contributed by atoms with Gasteiger partial charge in [-0.15, -0.1) is 11.3 Å². The van der Waals surface area contributed by atoms with Gasteiger partial charge in [-0.2, -0.15) is 26.3 Å². The molecule has 0 spiro atoms. The zero-order valence-corrected chi connectivity index (χ0v) is 13.0. The summed E-state index contributed by atoms with van der Waals surface area (Å²) in [6.07, 6.45) is -9.89. The van der Waals surface area contributed by atoms with Crippen LogP contribution in [0.1, 0.15) is 20.8 Å². The van der Waals surface area contributed by atoms with E-state index in [0.29, 0.717) is 24.1 Å². The Hall–Kier alpha value is -1.88. The van der Waals surface area contributed by atoms with Gasteiger partial charge < -0.3 is 9.83 Å². The Balaban J connectivity index is 2.32. The number of nitrogens with one attached hydrogen (secondary N) is 1. The molecule has 0 saturated heterocycles. The van der Waals surface area contributed by atoms with Crippen LogP contribution in [0.5, 0.6) is 0 Å². The zero-order chi connectivity index (χ0) is 18.1. The zero-order valence-electron chi connectivity index (χ0n) is 11.3. The van der Waals surface area contributed by atoms with Crippen molar-refractivity contribution in [3.63, 3.8) is 0 Å². The molecular formula is C13H7F6NO2S2. The molecule has 0 saturated carbocycles. The van der Waals surface area contributed by atoms with Gasteiger partial charge in [0.05, 0.1) is 16.0 Å². The molecule has 0 bridgehead atoms. The Kier molecular flexibility index (Phi) is 5.04. The van der Waals surface area contributed by atoms with Gasteiger partial charge in [-0.05, 0) is 41.6 Å². The van der Waals surface area contributed by atoms with E-state index in [1.165, 1.54) is 11.4 Å². The normalized spacial score (nSPS) is 12.2. The summed E-state index contributed by atoms with van der Waals surface area (Å²) in [5.74, 6) is -1.24. The molecular weight excluding hydrogens is 380 g/mol. The van der Waals surface area contributed by atoms with Gasteiger partial charge in [0.15, 0.2) is 0 Å². The second-order valence-corrected chi connectivity index (χ2v) is 6.18. The highest BCUT2D eigenvalue weighted by Crippen LogP contribution is 2.38. The van der Waals surface area contributed by atoms with Gasteiger partial charge in [-0.25, -0.2) is 4.79 Å². The van der Waals surface area contributed by atoms with Gasteiger partial charge in [0.2, 0.25) is 0 Å². The third-order valence-corrected chi connectivity index (χ3v) is 4.62. The van der Waals surface area contributed by atoms with Gasteiger partial charge in [0.25, 0.3) is 0 Å². The predicted octanol–water partition coefficient (Wildman–Crippen LogP) is 5.60. The number of anilines is 1. The highest BCUT2D eigenvalue weighted by atomic mass is 32.2. The lowest BCUT2D eigenvalue weighted by Gasteiger charge is -2.14. The Morgan fingerprint density at radius 2 is 1.58 bits per heavy atom. The number of carbonyl (C=O) groups is 1. The van der Waals surface area contributed by atoms with Gasteiger partial charge in [-0.3, -0.25) is 0 Å². The first kappa shape index (κ1) is 18.5. The van der Waals surface area contributed by atoms with Crippen LogP contribution in [0, 0.1) is 0 Å². The topological polar surface area (TPSA) is 49.3 Å². The van der Waals surface area contributed by atoms with Crippen LogP contribution < -0.4 is 4.72 Å². The van der Waals surface area contributed by atoms with Crippen molar-refractivity contribution in [2.45, 2.75) is 17.2 Å². The molecule has 11 heteroatoms. The van der Waals surface area contributed by atoms with E-state index in [1.807, 2.05) is 0 Å². The molecule has 0 fully saturated rings. The van der Waals surface area contributed by atoms with Crippen LogP contribution in [0.15, 0.2) is 34.5 Å². The molecule has 1 aromatic carbocycles. The fourth-order valence-corrected chi connectivity index (χ4v) is 3.30. The molecule has 1 heterocycles. The lowest BCUT2D eigenvalue weighted by molar-refractivity contribution is -0.143. The molecule has 1 aromatic heterocycles. The second kappa shape index (κ2) is 6.55. The number of thiophene rings is 1. The number of rotatable bonds is 4. The number of halogens is 6. The molecule has 0 radical (unpaired) electrons. The summed E-state index contributed by atoms with van der Waals surface area (Å²) in [5, 5.41) is 10.4. The lowest BCUT2D eigenvalue weighted by Crippen LogP contribution is -2.11. The molecule has 130 valence electrons. The number of carboxylic acids is 1. The standard InChI is InChI=1S/C13H7F6NO2S2/c14-12(15,16)6-3-7(13(17,18)19)5-8(4-6)20-24-9-1-2-23-10(9)11(21)22/h1-5,20H,(H,21,22). The number of alkyl halides is 6. The van der Waals surface area contributed by atoms with Crippen molar-refractivity contribution in [3.8, 4) is 0 Å². The predicted molar refractivity (Wildman–Crippen MR) is 77.2 cm³/mol. The van der Waals surface area contributed by atoms with Crippen molar-refractivity contribution in [3.05, 3.63) is 45.6 Å². The highest BCUT2D eigenvalue weighted by molar-refractivity contribution is 8.00. The fourth-order valence-electron chi connectivity index (χ4n) is 1.66. The molecule has 0 aliphatic heterocycles. The summed E-state index contributed by atoms with van der Waals surface area (Å²) in [6.45, 7) is 0. The maximum atomic E-state index is 12.7. The van der Waals surface area contributed by atoms with E-state index >= 15 is 0 Å². The Morgan fingerprint density at radius 1 is 1.04 bits per heavy atom. The molecule has 2 rings (SSSR count). The minimum absolute atomic E-state index is 0.0170. The third kappa shape index (κ3) is 4.35. The van der Waals surface area contributed by atoms with Gasteiger partial charge >= 0.3 is 18.3 Å². The molecule has 0 aliphatic carbocycles. The molecule has 2 aromatic rings. The average molecular weight is 387 g/mol. The van der Waals surface area contributed by atoms with Crippen LogP contribution in [-0.4, -0.2) is 11.1 Å². The number of benzene rings is 1. The van der Waals surface area contributed by atoms with Crippen molar-refractivity contribution >= 4 is 34.9 Å². The Bertz CT molecular complexity index is 721. The fraction of sp³-hybridized carbons (Fsp3) is 0.154. The van der Waals surface area contributed by atoms with E-state index < -0.39 is 35.1 Å². The SMILES string of the molecule is O=C(O)c1sccc1SNc1cc(C(F)(F)F)cc(C(F)(F)F)c1. The van der Waals surface area contributed by atoms with Crippen molar-refractivity contribution in [2.75, 3.05) is 4.72 Å². The van der Waals surface area contributed by atoms with Gasteiger partial charge in [0, 0.05) is 5.69 Å². The number of aromatic carboxylic acids is 1. The van der Waals surface area contributed by atoms with Crippen molar-refractivity contribution < 1.29 is 36.2 Å². The Morgan fingerprint density at radius 3 is 2.04 bits per heavy atom. The maximum Gasteiger partial charge on any atom is 0.416 e. The van der Waals surface area contributed by atoms with Crippen molar-refractivity contribution in [2.24, 2.45) is 0 Å². The summed E-state index contributed by atoms with van der Waals surface area (Å²) < 4.78 is 78.8. The second-order valence-electron chi connectivity index (χ2n) is 4.42. The van der Waals surface area contributed by atoms with Crippen LogP contribution in [0.2, 0.25) is 0 Å². The van der Waals surface area contributed by atoms with Crippen LogP contribution in [0.4, 0.5) is 32.0 Å². The van der Waals surface area contributed by atoms with E-state index in [4.69, 9.17) is 5.11 Å². The summed E-state index contributed by atoms with van der Waals surface area (Å²) in [7, 11) is 0. The summed E-state index contributed by atoms with van der Waals surface area (Å²) in [5.41, 5.74) is -3.35. The molecule has 0 aliphatic rings. The number of hydrogen-bond acceptors (Lipinski definition) is 4. The summed E-state index contributed by atoms with van der Waals surface area (Å²) in [4.78, 5) is 11.0. The van der Waals surface area contributed by atoms with E-state index in [-0.39, 0.29) is 15.8 Å². The summed E-state index contributed by atoms with van der Waals surface area (Å²) in [6, 6.07) is 2.46. The third-order valence-electron chi connectivity index (χ3n) is 2.69. The minimum atomic E-state index is -4.95. The van der Waals surface area contributed by atoms with E-state index in [0.717, 1.165) is 11.3 Å². The Labute approximate surface area is 139 Å². The monoisotopic (exact) mass is 387 g/mol. The van der Waals surface area contributed by atoms with Crippen molar-refractivity contribution in [1.29, 1.82) is 0 Å². The number of carboxylic acid groups (broad SMARTS) is 1. The first-order valence-corrected chi connectivity index (χ1v) is 7.71. The van der Waals surface area contributed by atoms with Crippen LogP contribution in [-0.2, 0) is 12.4 Å². The van der Waals surface area contributed by atoms with E-state index in [1.54, 1.807) is 0 Å². The smallest absolute Gasteiger partial charge is 0.416 e. The van der Waals surface area contributed by atoms with E-state index in [2.05, 4.69) is 4.72 Å². The quantitative estimate of drug-likeness (QED) is 0.529. The molecule has 0 atom stereocenters. The average Bonchev–Trinajstić information content (AvgIpc) is 2.91. The van der Waals surface area contributed by atoms with Crippen LogP contribution in [0.3, 0.4) is 0 Å². The van der Waals surface area contributed by atoms with Crippen molar-refractivity contribution in [1.82, 2.24) is 0 Å².